The van der Waals surface area contributed by atoms with Gasteiger partial charge >= 0.3 is 0 Å². The van der Waals surface area contributed by atoms with Gasteiger partial charge in [0.25, 0.3) is 5.91 Å². The van der Waals surface area contributed by atoms with Gasteiger partial charge in [-0.05, 0) is 51.4 Å². The van der Waals surface area contributed by atoms with Crippen LogP contribution in [0.5, 0.6) is 0 Å². The molecule has 0 aromatic heterocycles. The third-order valence-corrected chi connectivity index (χ3v) is 4.20. The van der Waals surface area contributed by atoms with Crippen LogP contribution in [-0.4, -0.2) is 43.2 Å². The summed E-state index contributed by atoms with van der Waals surface area (Å²) in [5.41, 5.74) is 0.795. The average Bonchev–Trinajstić information content (AvgIpc) is 2.41. The van der Waals surface area contributed by atoms with Crippen molar-refractivity contribution in [1.82, 2.24) is 10.2 Å². The molecule has 0 spiro atoms. The van der Waals surface area contributed by atoms with Crippen LogP contribution >= 0.6 is 11.8 Å². The van der Waals surface area contributed by atoms with Crippen LogP contribution in [0.4, 0.5) is 0 Å². The summed E-state index contributed by atoms with van der Waals surface area (Å²) in [6.07, 6.45) is 4.09. The fourth-order valence-electron chi connectivity index (χ4n) is 2.25. The summed E-state index contributed by atoms with van der Waals surface area (Å²) < 4.78 is 0. The summed E-state index contributed by atoms with van der Waals surface area (Å²) in [7, 11) is 2.13. The van der Waals surface area contributed by atoms with Crippen LogP contribution in [0.2, 0.25) is 0 Å². The Bertz CT molecular complexity index is 414. The van der Waals surface area contributed by atoms with Crippen LogP contribution in [0.3, 0.4) is 0 Å². The summed E-state index contributed by atoms with van der Waals surface area (Å²) in [6, 6.07) is 8.11. The van der Waals surface area contributed by atoms with E-state index in [2.05, 4.69) is 17.3 Å². The monoisotopic (exact) mass is 264 g/mol. The second-order valence-electron chi connectivity index (χ2n) is 4.75. The van der Waals surface area contributed by atoms with Crippen molar-refractivity contribution in [1.29, 1.82) is 0 Å². The number of piperidine rings is 1. The number of nitrogens with zero attached hydrogens (tertiary/aromatic N) is 1. The Morgan fingerprint density at radius 3 is 2.67 bits per heavy atom. The van der Waals surface area contributed by atoms with Crippen LogP contribution in [0.1, 0.15) is 23.2 Å². The molecule has 0 bridgehead atoms. The summed E-state index contributed by atoms with van der Waals surface area (Å²) in [6.45, 7) is 2.13. The molecule has 1 heterocycles. The average molecular weight is 264 g/mol. The molecule has 1 aromatic rings. The topological polar surface area (TPSA) is 32.3 Å². The van der Waals surface area contributed by atoms with Gasteiger partial charge in [-0.15, -0.1) is 11.8 Å². The third-order valence-electron chi connectivity index (χ3n) is 3.41. The number of thioether (sulfide) groups is 1. The molecule has 0 radical (unpaired) electrons. The predicted octanol–water partition coefficient (Wildman–Crippen LogP) is 2.23. The molecule has 1 aliphatic rings. The molecule has 1 fully saturated rings. The SMILES string of the molecule is CSc1ccccc1C(=O)NC1CCN(C)CC1. The third kappa shape index (κ3) is 3.27. The maximum absolute atomic E-state index is 12.2. The molecule has 1 aromatic carbocycles. The summed E-state index contributed by atoms with van der Waals surface area (Å²) in [5.74, 6) is 0.0644. The number of carbonyl (C=O) groups is 1. The Balaban J connectivity index is 1.99. The zero-order valence-electron chi connectivity index (χ0n) is 11.0. The van der Waals surface area contributed by atoms with Crippen molar-refractivity contribution in [3.8, 4) is 0 Å². The van der Waals surface area contributed by atoms with Crippen molar-refractivity contribution in [2.24, 2.45) is 0 Å². The highest BCUT2D eigenvalue weighted by Crippen LogP contribution is 2.20. The fraction of sp³-hybridized carbons (Fsp3) is 0.500. The number of amides is 1. The molecule has 1 saturated heterocycles. The number of benzene rings is 1. The normalized spacial score (nSPS) is 17.7. The van der Waals surface area contributed by atoms with Crippen molar-refractivity contribution >= 4 is 17.7 Å². The highest BCUT2D eigenvalue weighted by Gasteiger charge is 2.19. The Labute approximate surface area is 113 Å². The lowest BCUT2D eigenvalue weighted by Crippen LogP contribution is -2.43. The zero-order chi connectivity index (χ0) is 13.0. The van der Waals surface area contributed by atoms with E-state index in [0.717, 1.165) is 36.4 Å². The van der Waals surface area contributed by atoms with Crippen LogP contribution in [0.25, 0.3) is 0 Å². The van der Waals surface area contributed by atoms with Gasteiger partial charge in [0, 0.05) is 10.9 Å². The van der Waals surface area contributed by atoms with E-state index in [-0.39, 0.29) is 5.91 Å². The predicted molar refractivity (Wildman–Crippen MR) is 76.2 cm³/mol. The molecule has 0 atom stereocenters. The second kappa shape index (κ2) is 6.25. The number of rotatable bonds is 3. The molecule has 3 nitrogen and oxygen atoms in total. The highest BCUT2D eigenvalue weighted by molar-refractivity contribution is 7.98. The van der Waals surface area contributed by atoms with E-state index in [1.807, 2.05) is 30.5 Å². The van der Waals surface area contributed by atoms with Crippen molar-refractivity contribution < 1.29 is 4.79 Å². The quantitative estimate of drug-likeness (QED) is 0.850. The van der Waals surface area contributed by atoms with Gasteiger partial charge < -0.3 is 10.2 Å². The Kier molecular flexibility index (Phi) is 4.66. The maximum atomic E-state index is 12.2. The van der Waals surface area contributed by atoms with E-state index in [9.17, 15) is 4.79 Å². The van der Waals surface area contributed by atoms with Crippen molar-refractivity contribution in [3.05, 3.63) is 29.8 Å². The number of hydrogen-bond donors (Lipinski definition) is 1. The molecular formula is C14H20N2OS. The number of hydrogen-bond acceptors (Lipinski definition) is 3. The number of likely N-dealkylation sites (tertiary alicyclic amines) is 1. The van der Waals surface area contributed by atoms with Crippen LogP contribution < -0.4 is 5.32 Å². The largest absolute Gasteiger partial charge is 0.349 e. The number of carbonyl (C=O) groups excluding carboxylic acids is 1. The Morgan fingerprint density at radius 1 is 1.33 bits per heavy atom. The standard InChI is InChI=1S/C14H20N2OS/c1-16-9-7-11(8-10-16)15-14(17)12-5-3-4-6-13(12)18-2/h3-6,11H,7-10H2,1-2H3,(H,15,17). The lowest BCUT2D eigenvalue weighted by molar-refractivity contribution is 0.0914. The van der Waals surface area contributed by atoms with E-state index >= 15 is 0 Å². The van der Waals surface area contributed by atoms with E-state index in [1.165, 1.54) is 0 Å². The Morgan fingerprint density at radius 2 is 2.00 bits per heavy atom. The lowest BCUT2D eigenvalue weighted by Gasteiger charge is -2.29. The van der Waals surface area contributed by atoms with Gasteiger partial charge in [-0.25, -0.2) is 0 Å². The van der Waals surface area contributed by atoms with Gasteiger partial charge in [-0.3, -0.25) is 4.79 Å². The first-order chi connectivity index (χ1) is 8.70. The summed E-state index contributed by atoms with van der Waals surface area (Å²) >= 11 is 1.62. The van der Waals surface area contributed by atoms with Gasteiger partial charge in [-0.2, -0.15) is 0 Å². The molecule has 1 aliphatic heterocycles. The minimum atomic E-state index is 0.0644. The minimum Gasteiger partial charge on any atom is -0.349 e. The molecule has 18 heavy (non-hydrogen) atoms. The molecule has 0 saturated carbocycles. The lowest BCUT2D eigenvalue weighted by atomic mass is 10.0. The van der Waals surface area contributed by atoms with Crippen molar-refractivity contribution in [2.75, 3.05) is 26.4 Å². The molecule has 2 rings (SSSR count). The van der Waals surface area contributed by atoms with Crippen LogP contribution in [0, 0.1) is 0 Å². The first-order valence-corrected chi connectivity index (χ1v) is 7.55. The number of nitrogens with one attached hydrogen (secondary N) is 1. The summed E-state index contributed by atoms with van der Waals surface area (Å²) in [5, 5.41) is 3.15. The van der Waals surface area contributed by atoms with E-state index in [0.29, 0.717) is 6.04 Å². The van der Waals surface area contributed by atoms with E-state index in [1.54, 1.807) is 11.8 Å². The van der Waals surface area contributed by atoms with E-state index in [4.69, 9.17) is 0 Å². The molecule has 98 valence electrons. The van der Waals surface area contributed by atoms with E-state index < -0.39 is 0 Å². The second-order valence-corrected chi connectivity index (χ2v) is 5.60. The minimum absolute atomic E-state index is 0.0644. The molecule has 0 aliphatic carbocycles. The highest BCUT2D eigenvalue weighted by atomic mass is 32.2. The molecule has 0 unspecified atom stereocenters. The van der Waals surface area contributed by atoms with Gasteiger partial charge in [0.1, 0.15) is 0 Å². The van der Waals surface area contributed by atoms with Crippen molar-refractivity contribution in [3.63, 3.8) is 0 Å². The maximum Gasteiger partial charge on any atom is 0.252 e. The molecule has 4 heteroatoms. The Hall–Kier alpha value is -1.00. The fourth-order valence-corrected chi connectivity index (χ4v) is 2.84. The first-order valence-electron chi connectivity index (χ1n) is 6.33. The summed E-state index contributed by atoms with van der Waals surface area (Å²) in [4.78, 5) is 15.6. The molecule has 1 amide bonds. The first kappa shape index (κ1) is 13.4. The van der Waals surface area contributed by atoms with Gasteiger partial charge in [0.2, 0.25) is 0 Å². The van der Waals surface area contributed by atoms with Crippen molar-refractivity contribution in [2.45, 2.75) is 23.8 Å². The van der Waals surface area contributed by atoms with Crippen LogP contribution in [0.15, 0.2) is 29.2 Å². The zero-order valence-corrected chi connectivity index (χ0v) is 11.8. The van der Waals surface area contributed by atoms with Gasteiger partial charge in [0.05, 0.1) is 5.56 Å². The van der Waals surface area contributed by atoms with Gasteiger partial charge in [0.15, 0.2) is 0 Å². The van der Waals surface area contributed by atoms with Gasteiger partial charge in [-0.1, -0.05) is 12.1 Å². The molecular weight excluding hydrogens is 244 g/mol. The van der Waals surface area contributed by atoms with Crippen LogP contribution in [-0.2, 0) is 0 Å². The smallest absolute Gasteiger partial charge is 0.252 e. The molecule has 1 N–H and O–H groups in total.